The average Bonchev–Trinajstić information content (AvgIpc) is 2.45. The van der Waals surface area contributed by atoms with Crippen LogP contribution in [0.1, 0.15) is 37.3 Å². The van der Waals surface area contributed by atoms with Crippen molar-refractivity contribution in [1.82, 2.24) is 10.2 Å². The second-order valence-electron chi connectivity index (χ2n) is 6.03. The number of nitrogens with zero attached hydrogens (tertiary/aromatic N) is 1. The van der Waals surface area contributed by atoms with E-state index in [-0.39, 0.29) is 6.03 Å². The molecule has 1 fully saturated rings. The minimum atomic E-state index is -0.0855. The molecule has 0 radical (unpaired) electrons. The maximum Gasteiger partial charge on any atom is 0.319 e. The van der Waals surface area contributed by atoms with Crippen molar-refractivity contribution in [2.45, 2.75) is 46.1 Å². The van der Waals surface area contributed by atoms with E-state index in [1.165, 1.54) is 13.0 Å². The molecule has 1 saturated heterocycles. The zero-order valence-corrected chi connectivity index (χ0v) is 13.4. The number of hydrogen-bond acceptors (Lipinski definition) is 2. The second-order valence-corrected chi connectivity index (χ2v) is 6.03. The third-order valence-corrected chi connectivity index (χ3v) is 4.10. The number of aryl methyl sites for hydroxylation is 2. The lowest BCUT2D eigenvalue weighted by atomic mass is 10.1. The summed E-state index contributed by atoms with van der Waals surface area (Å²) < 4.78 is 0. The van der Waals surface area contributed by atoms with Crippen LogP contribution in [0.5, 0.6) is 0 Å². The molecule has 1 aromatic carbocycles. The van der Waals surface area contributed by atoms with Gasteiger partial charge in [0.2, 0.25) is 0 Å². The number of rotatable bonds is 4. The molecule has 1 aliphatic rings. The molecule has 0 aliphatic carbocycles. The largest absolute Gasteiger partial charge is 0.335 e. The Balaban J connectivity index is 1.81. The number of urea groups is 1. The summed E-state index contributed by atoms with van der Waals surface area (Å²) in [5.74, 6) is 0. The first-order valence-electron chi connectivity index (χ1n) is 7.95. The van der Waals surface area contributed by atoms with E-state index in [0.717, 1.165) is 42.7 Å². The Morgan fingerprint density at radius 1 is 1.29 bits per heavy atom. The van der Waals surface area contributed by atoms with Gasteiger partial charge in [0.05, 0.1) is 0 Å². The Bertz CT molecular complexity index is 479. The molecule has 0 aromatic heterocycles. The Hall–Kier alpha value is -1.55. The lowest BCUT2D eigenvalue weighted by Crippen LogP contribution is -2.46. The van der Waals surface area contributed by atoms with Crippen LogP contribution >= 0.6 is 0 Å². The number of hydrogen-bond donors (Lipinski definition) is 2. The fourth-order valence-electron chi connectivity index (χ4n) is 2.83. The van der Waals surface area contributed by atoms with E-state index in [1.54, 1.807) is 0 Å². The van der Waals surface area contributed by atoms with E-state index in [0.29, 0.717) is 6.04 Å². The number of carbonyl (C=O) groups is 1. The SMILES string of the molecule is CCCN1CCC(NC(=O)Nc2cc(C)ccc2C)CC1. The molecule has 21 heavy (non-hydrogen) atoms. The number of piperidine rings is 1. The van der Waals surface area contributed by atoms with Gasteiger partial charge in [-0.25, -0.2) is 4.79 Å². The third kappa shape index (κ3) is 4.74. The molecule has 116 valence electrons. The highest BCUT2D eigenvalue weighted by Gasteiger charge is 2.20. The molecular formula is C17H27N3O. The highest BCUT2D eigenvalue weighted by molar-refractivity contribution is 5.90. The number of carbonyl (C=O) groups excluding carboxylic acids is 1. The number of anilines is 1. The topological polar surface area (TPSA) is 44.4 Å². The summed E-state index contributed by atoms with van der Waals surface area (Å²) >= 11 is 0. The maximum atomic E-state index is 12.1. The fraction of sp³-hybridized carbons (Fsp3) is 0.588. The van der Waals surface area contributed by atoms with Crippen LogP contribution in [0.4, 0.5) is 10.5 Å². The molecule has 1 aliphatic heterocycles. The van der Waals surface area contributed by atoms with E-state index in [4.69, 9.17) is 0 Å². The number of nitrogens with one attached hydrogen (secondary N) is 2. The Morgan fingerprint density at radius 2 is 2.00 bits per heavy atom. The van der Waals surface area contributed by atoms with Crippen LogP contribution in [0.15, 0.2) is 18.2 Å². The maximum absolute atomic E-state index is 12.1. The minimum Gasteiger partial charge on any atom is -0.335 e. The van der Waals surface area contributed by atoms with E-state index in [2.05, 4.69) is 28.5 Å². The lowest BCUT2D eigenvalue weighted by Gasteiger charge is -2.32. The summed E-state index contributed by atoms with van der Waals surface area (Å²) in [7, 11) is 0. The van der Waals surface area contributed by atoms with Crippen LogP contribution in [-0.4, -0.2) is 36.6 Å². The minimum absolute atomic E-state index is 0.0855. The monoisotopic (exact) mass is 289 g/mol. The van der Waals surface area contributed by atoms with E-state index in [1.807, 2.05) is 26.0 Å². The van der Waals surface area contributed by atoms with Gasteiger partial charge < -0.3 is 15.5 Å². The van der Waals surface area contributed by atoms with Crippen molar-refractivity contribution in [3.05, 3.63) is 29.3 Å². The van der Waals surface area contributed by atoms with Gasteiger partial charge in [-0.15, -0.1) is 0 Å². The quantitative estimate of drug-likeness (QED) is 0.893. The van der Waals surface area contributed by atoms with Crippen LogP contribution in [0.3, 0.4) is 0 Å². The summed E-state index contributed by atoms with van der Waals surface area (Å²) in [6.07, 6.45) is 3.28. The fourth-order valence-corrected chi connectivity index (χ4v) is 2.83. The first kappa shape index (κ1) is 15.8. The van der Waals surface area contributed by atoms with Gasteiger partial charge in [0.1, 0.15) is 0 Å². The summed E-state index contributed by atoms with van der Waals surface area (Å²) in [5.41, 5.74) is 3.15. The highest BCUT2D eigenvalue weighted by atomic mass is 16.2. The molecule has 1 heterocycles. The van der Waals surface area contributed by atoms with Crippen LogP contribution in [0.2, 0.25) is 0 Å². The zero-order valence-electron chi connectivity index (χ0n) is 13.4. The first-order chi connectivity index (χ1) is 10.1. The highest BCUT2D eigenvalue weighted by Crippen LogP contribution is 2.16. The number of likely N-dealkylation sites (tertiary alicyclic amines) is 1. The van der Waals surface area contributed by atoms with Crippen LogP contribution in [0.25, 0.3) is 0 Å². The lowest BCUT2D eigenvalue weighted by molar-refractivity contribution is 0.196. The van der Waals surface area contributed by atoms with Gasteiger partial charge in [0, 0.05) is 24.8 Å². The molecule has 0 spiro atoms. The molecular weight excluding hydrogens is 262 g/mol. The molecule has 1 aromatic rings. The van der Waals surface area contributed by atoms with Crippen molar-refractivity contribution < 1.29 is 4.79 Å². The first-order valence-corrected chi connectivity index (χ1v) is 7.95. The molecule has 2 amide bonds. The van der Waals surface area contributed by atoms with Crippen molar-refractivity contribution in [3.63, 3.8) is 0 Å². The van der Waals surface area contributed by atoms with Crippen molar-refractivity contribution in [1.29, 1.82) is 0 Å². The summed E-state index contributed by atoms with van der Waals surface area (Å²) in [4.78, 5) is 14.6. The predicted octanol–water partition coefficient (Wildman–Crippen LogP) is 3.30. The molecule has 0 atom stereocenters. The Labute approximate surface area is 127 Å². The van der Waals surface area contributed by atoms with Gasteiger partial charge in [0.15, 0.2) is 0 Å². The summed E-state index contributed by atoms with van der Waals surface area (Å²) in [5, 5.41) is 6.07. The molecule has 2 N–H and O–H groups in total. The smallest absolute Gasteiger partial charge is 0.319 e. The molecule has 0 saturated carbocycles. The van der Waals surface area contributed by atoms with Gasteiger partial charge in [-0.05, 0) is 56.8 Å². The van der Waals surface area contributed by atoms with Crippen molar-refractivity contribution in [2.75, 3.05) is 25.0 Å². The standard InChI is InChI=1S/C17H27N3O/c1-4-9-20-10-7-15(8-11-20)18-17(21)19-16-12-13(2)5-6-14(16)3/h5-6,12,15H,4,7-11H2,1-3H3,(H2,18,19,21). The van der Waals surface area contributed by atoms with Crippen LogP contribution in [-0.2, 0) is 0 Å². The van der Waals surface area contributed by atoms with Gasteiger partial charge in [0.25, 0.3) is 0 Å². The molecule has 0 bridgehead atoms. The summed E-state index contributed by atoms with van der Waals surface area (Å²) in [6.45, 7) is 9.60. The summed E-state index contributed by atoms with van der Waals surface area (Å²) in [6, 6.07) is 6.32. The van der Waals surface area contributed by atoms with Crippen molar-refractivity contribution >= 4 is 11.7 Å². The van der Waals surface area contributed by atoms with Gasteiger partial charge >= 0.3 is 6.03 Å². The molecule has 2 rings (SSSR count). The van der Waals surface area contributed by atoms with E-state index < -0.39 is 0 Å². The van der Waals surface area contributed by atoms with Gasteiger partial charge in [-0.3, -0.25) is 0 Å². The molecule has 0 unspecified atom stereocenters. The van der Waals surface area contributed by atoms with E-state index >= 15 is 0 Å². The second kappa shape index (κ2) is 7.46. The molecule has 4 heteroatoms. The Kier molecular flexibility index (Phi) is 5.62. The van der Waals surface area contributed by atoms with Gasteiger partial charge in [-0.2, -0.15) is 0 Å². The number of benzene rings is 1. The number of amides is 2. The van der Waals surface area contributed by atoms with Crippen molar-refractivity contribution in [2.24, 2.45) is 0 Å². The normalized spacial score (nSPS) is 16.7. The Morgan fingerprint density at radius 3 is 2.67 bits per heavy atom. The van der Waals surface area contributed by atoms with Crippen LogP contribution in [0, 0.1) is 13.8 Å². The van der Waals surface area contributed by atoms with E-state index in [9.17, 15) is 4.79 Å². The zero-order chi connectivity index (χ0) is 15.2. The third-order valence-electron chi connectivity index (χ3n) is 4.10. The van der Waals surface area contributed by atoms with Gasteiger partial charge in [-0.1, -0.05) is 19.1 Å². The van der Waals surface area contributed by atoms with Crippen molar-refractivity contribution in [3.8, 4) is 0 Å². The predicted molar refractivity (Wildman–Crippen MR) is 87.8 cm³/mol. The molecule has 4 nitrogen and oxygen atoms in total. The average molecular weight is 289 g/mol. The van der Waals surface area contributed by atoms with Crippen LogP contribution < -0.4 is 10.6 Å².